The molecule has 0 saturated heterocycles. The fourth-order valence-corrected chi connectivity index (χ4v) is 2.46. The summed E-state index contributed by atoms with van der Waals surface area (Å²) in [5.74, 6) is 0.732. The van der Waals surface area contributed by atoms with Crippen molar-refractivity contribution < 1.29 is 0 Å². The molecule has 96 valence electrons. The molecule has 1 atom stereocenters. The minimum atomic E-state index is 0.296. The third kappa shape index (κ3) is 4.41. The Hall–Kier alpha value is -0.380. The lowest BCUT2D eigenvalue weighted by atomic mass is 10.0. The molecule has 2 nitrogen and oxygen atoms in total. The van der Waals surface area contributed by atoms with Gasteiger partial charge in [-0.1, -0.05) is 48.0 Å². The fraction of sp³-hybridized carbons (Fsp3) is 0.571. The SMILES string of the molecule is CC(C)CCN(C)C(CN)c1ccccc1Br. The molecule has 0 aliphatic heterocycles. The maximum atomic E-state index is 5.92. The van der Waals surface area contributed by atoms with Crippen LogP contribution in [0.15, 0.2) is 28.7 Å². The molecule has 0 bridgehead atoms. The van der Waals surface area contributed by atoms with Crippen LogP contribution in [0.2, 0.25) is 0 Å². The first-order valence-electron chi connectivity index (χ1n) is 6.21. The van der Waals surface area contributed by atoms with Gasteiger partial charge in [0.1, 0.15) is 0 Å². The number of nitrogens with two attached hydrogens (primary N) is 1. The predicted octanol–water partition coefficient (Wildman–Crippen LogP) is 3.43. The maximum absolute atomic E-state index is 5.92. The van der Waals surface area contributed by atoms with Crippen LogP contribution in [-0.4, -0.2) is 25.0 Å². The zero-order chi connectivity index (χ0) is 12.8. The monoisotopic (exact) mass is 298 g/mol. The van der Waals surface area contributed by atoms with Crippen molar-refractivity contribution in [3.05, 3.63) is 34.3 Å². The van der Waals surface area contributed by atoms with Crippen molar-refractivity contribution in [3.63, 3.8) is 0 Å². The lowest BCUT2D eigenvalue weighted by Gasteiger charge is -2.28. The highest BCUT2D eigenvalue weighted by Crippen LogP contribution is 2.26. The van der Waals surface area contributed by atoms with Gasteiger partial charge in [-0.25, -0.2) is 0 Å². The molecular formula is C14H23BrN2. The summed E-state index contributed by atoms with van der Waals surface area (Å²) in [6.07, 6.45) is 1.21. The highest BCUT2D eigenvalue weighted by atomic mass is 79.9. The summed E-state index contributed by atoms with van der Waals surface area (Å²) in [6.45, 7) is 6.24. The molecule has 1 unspecified atom stereocenters. The topological polar surface area (TPSA) is 29.3 Å². The Balaban J connectivity index is 2.74. The van der Waals surface area contributed by atoms with E-state index in [9.17, 15) is 0 Å². The third-order valence-electron chi connectivity index (χ3n) is 3.08. The van der Waals surface area contributed by atoms with Gasteiger partial charge < -0.3 is 5.73 Å². The molecule has 0 spiro atoms. The van der Waals surface area contributed by atoms with Gasteiger partial charge in [0.25, 0.3) is 0 Å². The van der Waals surface area contributed by atoms with Crippen molar-refractivity contribution in [1.82, 2.24) is 4.90 Å². The van der Waals surface area contributed by atoms with Crippen LogP contribution in [0.1, 0.15) is 31.9 Å². The third-order valence-corrected chi connectivity index (χ3v) is 3.80. The lowest BCUT2D eigenvalue weighted by molar-refractivity contribution is 0.235. The Morgan fingerprint density at radius 1 is 1.29 bits per heavy atom. The standard InChI is InChI=1S/C14H23BrN2/c1-11(2)8-9-17(3)14(10-16)12-6-4-5-7-13(12)15/h4-7,11,14H,8-10,16H2,1-3H3. The van der Waals surface area contributed by atoms with Gasteiger partial charge in [0, 0.05) is 17.1 Å². The normalized spacial score (nSPS) is 13.4. The molecule has 0 aliphatic carbocycles. The van der Waals surface area contributed by atoms with Crippen molar-refractivity contribution >= 4 is 15.9 Å². The summed E-state index contributed by atoms with van der Waals surface area (Å²) in [4.78, 5) is 2.35. The van der Waals surface area contributed by atoms with E-state index in [-0.39, 0.29) is 0 Å². The van der Waals surface area contributed by atoms with Crippen molar-refractivity contribution in [3.8, 4) is 0 Å². The van der Waals surface area contributed by atoms with E-state index in [0.29, 0.717) is 12.6 Å². The Labute approximate surface area is 113 Å². The molecule has 3 heteroatoms. The minimum absolute atomic E-state index is 0.296. The Bertz CT molecular complexity index is 339. The van der Waals surface area contributed by atoms with E-state index in [0.717, 1.165) is 16.9 Å². The van der Waals surface area contributed by atoms with Crippen LogP contribution >= 0.6 is 15.9 Å². The predicted molar refractivity (Wildman–Crippen MR) is 78.0 cm³/mol. The smallest absolute Gasteiger partial charge is 0.0478 e. The van der Waals surface area contributed by atoms with Gasteiger partial charge in [-0.15, -0.1) is 0 Å². The average molecular weight is 299 g/mol. The molecule has 0 heterocycles. The summed E-state index contributed by atoms with van der Waals surface area (Å²) in [6, 6.07) is 8.63. The quantitative estimate of drug-likeness (QED) is 0.872. The van der Waals surface area contributed by atoms with Crippen LogP contribution < -0.4 is 5.73 Å². The molecule has 0 aromatic heterocycles. The molecule has 0 aliphatic rings. The molecule has 0 radical (unpaired) electrons. The highest BCUT2D eigenvalue weighted by Gasteiger charge is 2.17. The summed E-state index contributed by atoms with van der Waals surface area (Å²) in [7, 11) is 2.15. The average Bonchev–Trinajstić information content (AvgIpc) is 2.30. The number of nitrogens with zero attached hydrogens (tertiary/aromatic N) is 1. The van der Waals surface area contributed by atoms with Crippen molar-refractivity contribution in [2.45, 2.75) is 26.3 Å². The molecule has 1 aromatic rings. The molecule has 1 rings (SSSR count). The van der Waals surface area contributed by atoms with E-state index in [4.69, 9.17) is 5.73 Å². The first-order valence-corrected chi connectivity index (χ1v) is 7.00. The summed E-state index contributed by atoms with van der Waals surface area (Å²) in [5, 5.41) is 0. The van der Waals surface area contributed by atoms with Crippen molar-refractivity contribution in [2.75, 3.05) is 20.1 Å². The zero-order valence-corrected chi connectivity index (χ0v) is 12.6. The van der Waals surface area contributed by atoms with Gasteiger partial charge in [0.2, 0.25) is 0 Å². The van der Waals surface area contributed by atoms with Gasteiger partial charge >= 0.3 is 0 Å². The van der Waals surface area contributed by atoms with Crippen LogP contribution in [0.4, 0.5) is 0 Å². The summed E-state index contributed by atoms with van der Waals surface area (Å²) in [5.41, 5.74) is 7.20. The van der Waals surface area contributed by atoms with Gasteiger partial charge in [-0.3, -0.25) is 4.90 Å². The number of likely N-dealkylation sites (N-methyl/N-ethyl adjacent to an activating group) is 1. The zero-order valence-electron chi connectivity index (χ0n) is 11.0. The van der Waals surface area contributed by atoms with E-state index in [1.165, 1.54) is 12.0 Å². The van der Waals surface area contributed by atoms with Crippen LogP contribution in [0, 0.1) is 5.92 Å². The number of benzene rings is 1. The van der Waals surface area contributed by atoms with E-state index >= 15 is 0 Å². The Kier molecular flexibility index (Phi) is 6.17. The minimum Gasteiger partial charge on any atom is -0.329 e. The Morgan fingerprint density at radius 3 is 2.47 bits per heavy atom. The van der Waals surface area contributed by atoms with E-state index in [1.807, 2.05) is 6.07 Å². The largest absolute Gasteiger partial charge is 0.329 e. The number of hydrogen-bond acceptors (Lipinski definition) is 2. The molecular weight excluding hydrogens is 276 g/mol. The Morgan fingerprint density at radius 2 is 1.94 bits per heavy atom. The summed E-state index contributed by atoms with van der Waals surface area (Å²) >= 11 is 3.60. The molecule has 1 aromatic carbocycles. The van der Waals surface area contributed by atoms with Gasteiger partial charge in [0.15, 0.2) is 0 Å². The molecule has 17 heavy (non-hydrogen) atoms. The van der Waals surface area contributed by atoms with Gasteiger partial charge in [0.05, 0.1) is 0 Å². The second kappa shape index (κ2) is 7.14. The molecule has 0 fully saturated rings. The second-order valence-electron chi connectivity index (χ2n) is 4.94. The summed E-state index contributed by atoms with van der Waals surface area (Å²) < 4.78 is 1.15. The van der Waals surface area contributed by atoms with Crippen molar-refractivity contribution in [1.29, 1.82) is 0 Å². The number of rotatable bonds is 6. The van der Waals surface area contributed by atoms with Crippen LogP contribution in [-0.2, 0) is 0 Å². The van der Waals surface area contributed by atoms with Crippen molar-refractivity contribution in [2.24, 2.45) is 11.7 Å². The number of halogens is 1. The van der Waals surface area contributed by atoms with Crippen LogP contribution in [0.25, 0.3) is 0 Å². The van der Waals surface area contributed by atoms with Gasteiger partial charge in [-0.05, 0) is 37.6 Å². The first kappa shape index (κ1) is 14.7. The molecule has 0 amide bonds. The van der Waals surface area contributed by atoms with E-state index in [2.05, 4.69) is 59.9 Å². The molecule has 0 saturated carbocycles. The highest BCUT2D eigenvalue weighted by molar-refractivity contribution is 9.10. The lowest BCUT2D eigenvalue weighted by Crippen LogP contribution is -2.32. The van der Waals surface area contributed by atoms with Crippen LogP contribution in [0.3, 0.4) is 0 Å². The first-order chi connectivity index (χ1) is 8.06. The number of hydrogen-bond donors (Lipinski definition) is 1. The molecule has 2 N–H and O–H groups in total. The fourth-order valence-electron chi connectivity index (χ4n) is 1.91. The van der Waals surface area contributed by atoms with Crippen LogP contribution in [0.5, 0.6) is 0 Å². The second-order valence-corrected chi connectivity index (χ2v) is 5.79. The van der Waals surface area contributed by atoms with E-state index in [1.54, 1.807) is 0 Å². The maximum Gasteiger partial charge on any atom is 0.0478 e. The van der Waals surface area contributed by atoms with E-state index < -0.39 is 0 Å². The van der Waals surface area contributed by atoms with Gasteiger partial charge in [-0.2, -0.15) is 0 Å².